The van der Waals surface area contributed by atoms with E-state index < -0.39 is 61.4 Å². The standard InChI is InChI=1S/C16H22O10/c17-3-6-1-2-7-8(14(22)23)5-24-15(10(6)7)26-16-13(21)12(20)11(19)9(4-18)25-16/h1,5,7,9-13,15-21H,2-4H2,(H,22,23)/t7?,9-,10?,11-,12+,13-,15?,16?/m1/s1. The summed E-state index contributed by atoms with van der Waals surface area (Å²) in [4.78, 5) is 11.4. The quantitative estimate of drug-likeness (QED) is 0.288. The molecule has 1 aliphatic carbocycles. The molecule has 0 aromatic carbocycles. The third-order valence-corrected chi connectivity index (χ3v) is 5.06. The van der Waals surface area contributed by atoms with E-state index in [2.05, 4.69) is 0 Å². The first kappa shape index (κ1) is 19.2. The highest BCUT2D eigenvalue weighted by Crippen LogP contribution is 2.44. The largest absolute Gasteiger partial charge is 0.478 e. The Morgan fingerprint density at radius 1 is 1.15 bits per heavy atom. The molecule has 10 nitrogen and oxygen atoms in total. The van der Waals surface area contributed by atoms with Gasteiger partial charge in [0, 0.05) is 5.92 Å². The van der Waals surface area contributed by atoms with Gasteiger partial charge in [-0.3, -0.25) is 0 Å². The maximum atomic E-state index is 11.4. The first-order valence-corrected chi connectivity index (χ1v) is 8.23. The lowest BCUT2D eigenvalue weighted by Crippen LogP contribution is -2.60. The number of carboxylic acid groups (broad SMARTS) is 1. The predicted octanol–water partition coefficient (Wildman–Crippen LogP) is -2.32. The minimum Gasteiger partial charge on any atom is -0.478 e. The van der Waals surface area contributed by atoms with Gasteiger partial charge in [-0.15, -0.1) is 0 Å². The van der Waals surface area contributed by atoms with E-state index in [1.807, 2.05) is 0 Å². The summed E-state index contributed by atoms with van der Waals surface area (Å²) in [6, 6.07) is 0. The molecule has 26 heavy (non-hydrogen) atoms. The van der Waals surface area contributed by atoms with E-state index in [9.17, 15) is 35.4 Å². The molecule has 6 N–H and O–H groups in total. The van der Waals surface area contributed by atoms with Crippen LogP contribution in [0.1, 0.15) is 6.42 Å². The number of rotatable bonds is 5. The highest BCUT2D eigenvalue weighted by molar-refractivity contribution is 5.87. The van der Waals surface area contributed by atoms with Crippen molar-refractivity contribution in [1.82, 2.24) is 0 Å². The van der Waals surface area contributed by atoms with Crippen LogP contribution in [0.15, 0.2) is 23.5 Å². The predicted molar refractivity (Wildman–Crippen MR) is 82.2 cm³/mol. The first-order valence-electron chi connectivity index (χ1n) is 8.23. The summed E-state index contributed by atoms with van der Waals surface area (Å²) in [5, 5.41) is 57.8. The van der Waals surface area contributed by atoms with Crippen LogP contribution in [0.2, 0.25) is 0 Å². The minimum atomic E-state index is -1.61. The normalized spacial score (nSPS) is 42.5. The van der Waals surface area contributed by atoms with Crippen molar-refractivity contribution in [3.8, 4) is 0 Å². The van der Waals surface area contributed by atoms with E-state index in [4.69, 9.17) is 14.2 Å². The molecule has 2 aliphatic heterocycles. The van der Waals surface area contributed by atoms with Crippen LogP contribution in [0, 0.1) is 11.8 Å². The third-order valence-electron chi connectivity index (χ3n) is 5.06. The van der Waals surface area contributed by atoms with Gasteiger partial charge in [0.1, 0.15) is 24.4 Å². The van der Waals surface area contributed by atoms with Crippen LogP contribution < -0.4 is 0 Å². The first-order chi connectivity index (χ1) is 12.4. The SMILES string of the molecule is O=C(O)C1=COC(OC2O[C@H](CO)[C@@H](O)[C@H](O)[C@H]2O)C2C(CO)=CCC12. The van der Waals surface area contributed by atoms with Crippen LogP contribution in [0.4, 0.5) is 0 Å². The molecular formula is C16H22O10. The molecule has 0 aromatic heterocycles. The van der Waals surface area contributed by atoms with Gasteiger partial charge in [-0.25, -0.2) is 4.79 Å². The summed E-state index contributed by atoms with van der Waals surface area (Å²) in [5.74, 6) is -2.22. The lowest BCUT2D eigenvalue weighted by atomic mass is 9.83. The van der Waals surface area contributed by atoms with Gasteiger partial charge in [-0.1, -0.05) is 6.08 Å². The van der Waals surface area contributed by atoms with Crippen molar-refractivity contribution in [2.24, 2.45) is 11.8 Å². The average Bonchev–Trinajstić information content (AvgIpc) is 3.06. The Morgan fingerprint density at radius 2 is 1.88 bits per heavy atom. The number of hydrogen-bond donors (Lipinski definition) is 6. The second-order valence-corrected chi connectivity index (χ2v) is 6.52. The van der Waals surface area contributed by atoms with Crippen molar-refractivity contribution in [3.05, 3.63) is 23.5 Å². The second-order valence-electron chi connectivity index (χ2n) is 6.52. The molecule has 0 aromatic rings. The molecule has 2 heterocycles. The van der Waals surface area contributed by atoms with Crippen molar-refractivity contribution in [3.63, 3.8) is 0 Å². The lowest BCUT2D eigenvalue weighted by Gasteiger charge is -2.42. The molecule has 0 radical (unpaired) electrons. The second kappa shape index (κ2) is 7.61. The number of allylic oxidation sites excluding steroid dienone is 1. The Bertz CT molecular complexity index is 600. The van der Waals surface area contributed by atoms with Gasteiger partial charge in [0.25, 0.3) is 0 Å². The molecule has 0 spiro atoms. The summed E-state index contributed by atoms with van der Waals surface area (Å²) in [6.45, 7) is -0.917. The van der Waals surface area contributed by atoms with Crippen LogP contribution in [0.5, 0.6) is 0 Å². The molecule has 1 saturated heterocycles. The molecule has 0 bridgehead atoms. The summed E-state index contributed by atoms with van der Waals surface area (Å²) in [7, 11) is 0. The summed E-state index contributed by atoms with van der Waals surface area (Å²) >= 11 is 0. The van der Waals surface area contributed by atoms with Gasteiger partial charge in [0.15, 0.2) is 6.29 Å². The van der Waals surface area contributed by atoms with Crippen molar-refractivity contribution >= 4 is 5.97 Å². The molecular weight excluding hydrogens is 352 g/mol. The van der Waals surface area contributed by atoms with Crippen LogP contribution in [-0.4, -0.2) is 86.8 Å². The van der Waals surface area contributed by atoms with Crippen molar-refractivity contribution < 1.29 is 49.6 Å². The Labute approximate surface area is 148 Å². The number of ether oxygens (including phenoxy) is 3. The molecule has 3 aliphatic rings. The maximum absolute atomic E-state index is 11.4. The minimum absolute atomic E-state index is 0.0448. The maximum Gasteiger partial charge on any atom is 0.335 e. The van der Waals surface area contributed by atoms with E-state index in [1.165, 1.54) is 0 Å². The molecule has 4 unspecified atom stereocenters. The highest BCUT2D eigenvalue weighted by atomic mass is 16.8. The zero-order valence-electron chi connectivity index (χ0n) is 13.7. The van der Waals surface area contributed by atoms with E-state index in [1.54, 1.807) is 6.08 Å². The van der Waals surface area contributed by atoms with Crippen molar-refractivity contribution in [2.45, 2.75) is 43.4 Å². The number of aliphatic hydroxyl groups excluding tert-OH is 5. The molecule has 0 saturated carbocycles. The van der Waals surface area contributed by atoms with E-state index >= 15 is 0 Å². The monoisotopic (exact) mass is 374 g/mol. The fourth-order valence-corrected chi connectivity index (χ4v) is 3.62. The van der Waals surface area contributed by atoms with E-state index in [-0.39, 0.29) is 12.2 Å². The smallest absolute Gasteiger partial charge is 0.335 e. The molecule has 10 heteroatoms. The van der Waals surface area contributed by atoms with Crippen molar-refractivity contribution in [2.75, 3.05) is 13.2 Å². The van der Waals surface area contributed by atoms with Crippen molar-refractivity contribution in [1.29, 1.82) is 0 Å². The van der Waals surface area contributed by atoms with E-state index in [0.717, 1.165) is 6.26 Å². The fraction of sp³-hybridized carbons (Fsp3) is 0.688. The highest BCUT2D eigenvalue weighted by Gasteiger charge is 2.49. The molecule has 0 amide bonds. The van der Waals surface area contributed by atoms with E-state index in [0.29, 0.717) is 12.0 Å². The van der Waals surface area contributed by atoms with Crippen LogP contribution in [-0.2, 0) is 19.0 Å². The Balaban J connectivity index is 1.80. The Kier molecular flexibility index (Phi) is 5.63. The summed E-state index contributed by atoms with van der Waals surface area (Å²) < 4.78 is 16.3. The molecule has 8 atom stereocenters. The zero-order valence-corrected chi connectivity index (χ0v) is 13.7. The Hall–Kier alpha value is -1.53. The molecule has 3 rings (SSSR count). The van der Waals surface area contributed by atoms with Gasteiger partial charge < -0.3 is 44.8 Å². The van der Waals surface area contributed by atoms with Gasteiger partial charge in [0.05, 0.1) is 31.0 Å². The topological polar surface area (TPSA) is 166 Å². The van der Waals surface area contributed by atoms with Gasteiger partial charge in [-0.2, -0.15) is 0 Å². The zero-order chi connectivity index (χ0) is 19.0. The summed E-state index contributed by atoms with van der Waals surface area (Å²) in [5.41, 5.74) is 0.583. The molecule has 146 valence electrons. The number of fused-ring (bicyclic) bond motifs is 1. The van der Waals surface area contributed by atoms with Crippen LogP contribution >= 0.6 is 0 Å². The number of carbonyl (C=O) groups is 1. The van der Waals surface area contributed by atoms with Crippen LogP contribution in [0.3, 0.4) is 0 Å². The van der Waals surface area contributed by atoms with Gasteiger partial charge in [-0.05, 0) is 12.0 Å². The summed E-state index contributed by atoms with van der Waals surface area (Å²) in [6.07, 6.45) is -5.21. The van der Waals surface area contributed by atoms with Gasteiger partial charge in [0.2, 0.25) is 6.29 Å². The average molecular weight is 374 g/mol. The fourth-order valence-electron chi connectivity index (χ4n) is 3.62. The lowest BCUT2D eigenvalue weighted by molar-refractivity contribution is -0.339. The number of hydrogen-bond acceptors (Lipinski definition) is 9. The number of aliphatic hydroxyl groups is 5. The van der Waals surface area contributed by atoms with Gasteiger partial charge >= 0.3 is 5.97 Å². The number of carboxylic acids is 1. The van der Waals surface area contributed by atoms with Crippen LogP contribution in [0.25, 0.3) is 0 Å². The molecule has 1 fully saturated rings. The number of aliphatic carboxylic acids is 1. The Morgan fingerprint density at radius 3 is 2.50 bits per heavy atom. The third kappa shape index (κ3) is 3.25.